The summed E-state index contributed by atoms with van der Waals surface area (Å²) in [6.07, 6.45) is -0.575. The number of benzene rings is 1. The highest BCUT2D eigenvalue weighted by molar-refractivity contribution is 5.81. The molecule has 1 atom stereocenters. The SMILES string of the molecule is O=C(O)CCC(NC(=O)Oc1ccc(CCCON(O)O)cc1)C(=O)O. The molecule has 0 saturated heterocycles. The summed E-state index contributed by atoms with van der Waals surface area (Å²) in [5.74, 6) is -2.34. The lowest BCUT2D eigenvalue weighted by Crippen LogP contribution is -2.42. The van der Waals surface area contributed by atoms with Crippen molar-refractivity contribution in [3.8, 4) is 5.75 Å². The number of nitrogens with one attached hydrogen (secondary N) is 1. The van der Waals surface area contributed by atoms with Crippen molar-refractivity contribution in [2.45, 2.75) is 31.7 Å². The predicted octanol–water partition coefficient (Wildman–Crippen LogP) is 1.04. The van der Waals surface area contributed by atoms with Gasteiger partial charge in [0.1, 0.15) is 11.8 Å². The Morgan fingerprint density at radius 3 is 2.31 bits per heavy atom. The minimum atomic E-state index is -1.37. The Labute approximate surface area is 148 Å². The summed E-state index contributed by atoms with van der Waals surface area (Å²) >= 11 is 0. The maximum absolute atomic E-state index is 11.7. The topological polar surface area (TPSA) is 166 Å². The number of aliphatic carboxylic acids is 2. The van der Waals surface area contributed by atoms with Crippen LogP contribution < -0.4 is 10.1 Å². The molecule has 0 aliphatic carbocycles. The Balaban J connectivity index is 2.45. The van der Waals surface area contributed by atoms with Gasteiger partial charge in [0.05, 0.1) is 12.0 Å². The zero-order valence-electron chi connectivity index (χ0n) is 13.7. The van der Waals surface area contributed by atoms with Crippen LogP contribution in [0.3, 0.4) is 0 Å². The van der Waals surface area contributed by atoms with Gasteiger partial charge in [-0.1, -0.05) is 12.1 Å². The van der Waals surface area contributed by atoms with E-state index in [0.717, 1.165) is 5.56 Å². The number of carboxylic acids is 2. The molecule has 11 heteroatoms. The van der Waals surface area contributed by atoms with E-state index in [1.54, 1.807) is 12.1 Å². The van der Waals surface area contributed by atoms with Crippen LogP contribution in [-0.2, 0) is 20.8 Å². The summed E-state index contributed by atoms with van der Waals surface area (Å²) in [6.45, 7) is 0.0978. The molecule has 1 rings (SSSR count). The van der Waals surface area contributed by atoms with Gasteiger partial charge < -0.3 is 20.3 Å². The lowest BCUT2D eigenvalue weighted by Gasteiger charge is -2.13. The Morgan fingerprint density at radius 1 is 1.12 bits per heavy atom. The van der Waals surface area contributed by atoms with Crippen LogP contribution in [0.1, 0.15) is 24.8 Å². The lowest BCUT2D eigenvalue weighted by molar-refractivity contribution is -0.492. The number of hydrogen-bond donors (Lipinski definition) is 5. The molecule has 0 saturated carbocycles. The lowest BCUT2D eigenvalue weighted by atomic mass is 10.1. The predicted molar refractivity (Wildman–Crippen MR) is 83.6 cm³/mol. The van der Waals surface area contributed by atoms with Crippen LogP contribution >= 0.6 is 0 Å². The molecule has 0 aliphatic heterocycles. The van der Waals surface area contributed by atoms with Gasteiger partial charge >= 0.3 is 18.0 Å². The fraction of sp³-hybridized carbons (Fsp3) is 0.400. The quantitative estimate of drug-likeness (QED) is 0.280. The molecule has 1 amide bonds. The molecule has 5 N–H and O–H groups in total. The van der Waals surface area contributed by atoms with Crippen molar-refractivity contribution in [2.75, 3.05) is 6.61 Å². The average molecular weight is 372 g/mol. The van der Waals surface area contributed by atoms with Crippen molar-refractivity contribution in [2.24, 2.45) is 0 Å². The van der Waals surface area contributed by atoms with E-state index in [2.05, 4.69) is 10.2 Å². The van der Waals surface area contributed by atoms with Crippen molar-refractivity contribution >= 4 is 18.0 Å². The van der Waals surface area contributed by atoms with Gasteiger partial charge in [0.2, 0.25) is 0 Å². The van der Waals surface area contributed by atoms with Gasteiger partial charge in [-0.15, -0.1) is 0 Å². The number of nitrogens with zero attached hydrogens (tertiary/aromatic N) is 1. The highest BCUT2D eigenvalue weighted by Crippen LogP contribution is 2.14. The molecule has 0 radical (unpaired) electrons. The molecule has 0 aliphatic rings. The summed E-state index contributed by atoms with van der Waals surface area (Å²) < 4.78 is 4.96. The highest BCUT2D eigenvalue weighted by Gasteiger charge is 2.21. The van der Waals surface area contributed by atoms with Crippen molar-refractivity contribution < 1.29 is 44.6 Å². The summed E-state index contributed by atoms with van der Waals surface area (Å²) in [7, 11) is 0. The van der Waals surface area contributed by atoms with Crippen LogP contribution in [0.25, 0.3) is 0 Å². The van der Waals surface area contributed by atoms with Gasteiger partial charge in [0, 0.05) is 6.42 Å². The first-order chi connectivity index (χ1) is 12.3. The van der Waals surface area contributed by atoms with Gasteiger partial charge in [0.15, 0.2) is 0 Å². The first kappa shape index (κ1) is 21.3. The zero-order chi connectivity index (χ0) is 19.5. The van der Waals surface area contributed by atoms with E-state index in [0.29, 0.717) is 12.8 Å². The van der Waals surface area contributed by atoms with E-state index in [9.17, 15) is 14.4 Å². The van der Waals surface area contributed by atoms with E-state index in [1.165, 1.54) is 12.1 Å². The Bertz CT molecular complexity index is 604. The number of carbonyl (C=O) groups excluding carboxylic acids is 1. The number of aryl methyl sites for hydroxylation is 1. The van der Waals surface area contributed by atoms with Crippen LogP contribution in [-0.4, -0.2) is 56.7 Å². The molecule has 0 bridgehead atoms. The van der Waals surface area contributed by atoms with Crippen LogP contribution in [0.4, 0.5) is 4.79 Å². The molecule has 1 aromatic carbocycles. The molecule has 0 aromatic heterocycles. The number of amides is 1. The van der Waals surface area contributed by atoms with E-state index in [-0.39, 0.29) is 24.2 Å². The molecule has 144 valence electrons. The number of carboxylic acid groups (broad SMARTS) is 2. The molecular formula is C15H20N2O9. The molecule has 26 heavy (non-hydrogen) atoms. The Kier molecular flexibility index (Phi) is 9.01. The average Bonchev–Trinajstić information content (AvgIpc) is 2.56. The number of hydrogen-bond acceptors (Lipinski definition) is 8. The third-order valence-corrected chi connectivity index (χ3v) is 3.19. The summed E-state index contributed by atoms with van der Waals surface area (Å²) in [4.78, 5) is 37.6. The molecule has 0 spiro atoms. The van der Waals surface area contributed by atoms with Crippen molar-refractivity contribution in [1.82, 2.24) is 10.7 Å². The van der Waals surface area contributed by atoms with Crippen LogP contribution in [0, 0.1) is 0 Å². The fourth-order valence-corrected chi connectivity index (χ4v) is 1.95. The minimum absolute atomic E-state index is 0.0978. The fourth-order valence-electron chi connectivity index (χ4n) is 1.95. The molecule has 1 unspecified atom stereocenters. The summed E-state index contributed by atoms with van der Waals surface area (Å²) in [5.41, 5.74) is 0.883. The maximum atomic E-state index is 11.7. The van der Waals surface area contributed by atoms with Crippen LogP contribution in [0.15, 0.2) is 24.3 Å². The second-order valence-electron chi connectivity index (χ2n) is 5.19. The molecular weight excluding hydrogens is 352 g/mol. The van der Waals surface area contributed by atoms with Crippen LogP contribution in [0.5, 0.6) is 5.75 Å². The zero-order valence-corrected chi connectivity index (χ0v) is 13.7. The summed E-state index contributed by atoms with van der Waals surface area (Å²) in [5, 5.41) is 36.0. The van der Waals surface area contributed by atoms with Gasteiger partial charge in [-0.25, -0.2) is 9.59 Å². The van der Waals surface area contributed by atoms with Gasteiger partial charge in [-0.3, -0.25) is 20.0 Å². The third kappa shape index (κ3) is 8.94. The second-order valence-corrected chi connectivity index (χ2v) is 5.19. The van der Waals surface area contributed by atoms with Gasteiger partial charge in [-0.05, 0) is 37.0 Å². The van der Waals surface area contributed by atoms with E-state index >= 15 is 0 Å². The van der Waals surface area contributed by atoms with Gasteiger partial charge in [0.25, 0.3) is 0 Å². The highest BCUT2D eigenvalue weighted by atomic mass is 17.1. The number of ether oxygens (including phenoxy) is 1. The van der Waals surface area contributed by atoms with E-state index < -0.39 is 30.5 Å². The Morgan fingerprint density at radius 2 is 1.77 bits per heavy atom. The van der Waals surface area contributed by atoms with Gasteiger partial charge in [-0.2, -0.15) is 0 Å². The van der Waals surface area contributed by atoms with Crippen molar-refractivity contribution in [1.29, 1.82) is 0 Å². The summed E-state index contributed by atoms with van der Waals surface area (Å²) in [6, 6.07) is 5.00. The third-order valence-electron chi connectivity index (χ3n) is 3.19. The first-order valence-electron chi connectivity index (χ1n) is 7.60. The normalized spacial score (nSPS) is 11.8. The number of rotatable bonds is 11. The Hall–Kier alpha value is -2.73. The second kappa shape index (κ2) is 11.0. The monoisotopic (exact) mass is 372 g/mol. The van der Waals surface area contributed by atoms with E-state index in [1.807, 2.05) is 0 Å². The molecule has 11 nitrogen and oxygen atoms in total. The molecule has 1 aromatic rings. The largest absolute Gasteiger partial charge is 0.481 e. The van der Waals surface area contributed by atoms with Crippen LogP contribution in [0.2, 0.25) is 0 Å². The standard InChI is InChI=1S/C15H20N2O9/c18-13(19)8-7-12(14(20)21)16-15(22)26-11-5-3-10(4-6-11)2-1-9-25-17(23)24/h3-6,12,23-24H,1-2,7-9H2,(H,16,22)(H,18,19)(H,20,21). The van der Waals surface area contributed by atoms with Crippen molar-refractivity contribution in [3.05, 3.63) is 29.8 Å². The minimum Gasteiger partial charge on any atom is -0.481 e. The first-order valence-corrected chi connectivity index (χ1v) is 7.60. The molecule has 0 heterocycles. The maximum Gasteiger partial charge on any atom is 0.413 e. The van der Waals surface area contributed by atoms with Crippen molar-refractivity contribution in [3.63, 3.8) is 0 Å². The van der Waals surface area contributed by atoms with E-state index in [4.69, 9.17) is 25.4 Å². The smallest absolute Gasteiger partial charge is 0.413 e. The number of carbonyl (C=O) groups is 3. The molecule has 0 fully saturated rings.